The van der Waals surface area contributed by atoms with Crippen LogP contribution in [0.15, 0.2) is 72.8 Å². The van der Waals surface area contributed by atoms with Crippen molar-refractivity contribution in [1.82, 2.24) is 14.5 Å². The molecule has 0 bridgehead atoms. The number of halogens is 5. The van der Waals surface area contributed by atoms with Gasteiger partial charge in [0.2, 0.25) is 6.35 Å². The number of anilines is 1. The molecule has 0 fully saturated rings. The molecular formula is C27H21Cl2F3N4O4. The maximum Gasteiger partial charge on any atom is 0.573 e. The van der Waals surface area contributed by atoms with Crippen LogP contribution >= 0.6 is 23.2 Å². The fourth-order valence-corrected chi connectivity index (χ4v) is 4.47. The van der Waals surface area contributed by atoms with Gasteiger partial charge in [0, 0.05) is 23.2 Å². The molecule has 1 aromatic heterocycles. The number of hydrogen-bond acceptors (Lipinski definition) is 6. The van der Waals surface area contributed by atoms with E-state index in [1.165, 1.54) is 26.5 Å². The largest absolute Gasteiger partial charge is 0.573 e. The molecule has 4 aromatic rings. The van der Waals surface area contributed by atoms with Crippen molar-refractivity contribution in [3.05, 3.63) is 99.7 Å². The van der Waals surface area contributed by atoms with E-state index in [0.717, 1.165) is 23.3 Å². The molecule has 208 valence electrons. The van der Waals surface area contributed by atoms with Crippen LogP contribution in [0.1, 0.15) is 21.6 Å². The van der Waals surface area contributed by atoms with Gasteiger partial charge in [-0.1, -0.05) is 53.5 Å². The Morgan fingerprint density at radius 1 is 0.925 bits per heavy atom. The Hall–Kier alpha value is -3.93. The van der Waals surface area contributed by atoms with Crippen LogP contribution in [0.25, 0.3) is 0 Å². The second-order valence-electron chi connectivity index (χ2n) is 8.92. The molecule has 0 radical (unpaired) electrons. The van der Waals surface area contributed by atoms with Gasteiger partial charge in [0.15, 0.2) is 11.5 Å². The first kappa shape index (κ1) is 27.6. The summed E-state index contributed by atoms with van der Waals surface area (Å²) in [6.45, 7) is 0.179. The minimum Gasteiger partial charge on any atom is -0.425 e. The van der Waals surface area contributed by atoms with E-state index in [2.05, 4.69) is 9.72 Å². The Bertz CT molecular complexity index is 1530. The van der Waals surface area contributed by atoms with Crippen LogP contribution in [-0.4, -0.2) is 45.2 Å². The lowest BCUT2D eigenvalue weighted by Crippen LogP contribution is -2.53. The highest BCUT2D eigenvalue weighted by atomic mass is 35.5. The molecule has 0 spiro atoms. The van der Waals surface area contributed by atoms with Gasteiger partial charge in [-0.3, -0.25) is 14.3 Å². The Labute approximate surface area is 236 Å². The smallest absolute Gasteiger partial charge is 0.425 e. The van der Waals surface area contributed by atoms with Crippen molar-refractivity contribution in [3.8, 4) is 17.5 Å². The summed E-state index contributed by atoms with van der Waals surface area (Å²) in [5.41, 5.74) is 1.60. The van der Waals surface area contributed by atoms with Gasteiger partial charge in [-0.25, -0.2) is 0 Å². The van der Waals surface area contributed by atoms with E-state index in [-0.39, 0.29) is 36.4 Å². The number of imidazole rings is 1. The Morgan fingerprint density at radius 3 is 2.10 bits per heavy atom. The molecule has 0 saturated heterocycles. The first-order valence-corrected chi connectivity index (χ1v) is 12.6. The van der Waals surface area contributed by atoms with E-state index in [0.29, 0.717) is 10.0 Å². The van der Waals surface area contributed by atoms with Crippen LogP contribution in [-0.2, 0) is 13.1 Å². The maximum atomic E-state index is 13.8. The van der Waals surface area contributed by atoms with Gasteiger partial charge < -0.3 is 19.5 Å². The summed E-state index contributed by atoms with van der Waals surface area (Å²) in [5, 5.41) is 12.0. The Kier molecular flexibility index (Phi) is 7.54. The second kappa shape index (κ2) is 10.9. The molecule has 1 atom stereocenters. The predicted molar refractivity (Wildman–Crippen MR) is 142 cm³/mol. The third-order valence-corrected chi connectivity index (χ3v) is 6.61. The number of ether oxygens (including phenoxy) is 2. The monoisotopic (exact) mass is 592 g/mol. The summed E-state index contributed by atoms with van der Waals surface area (Å²) in [6, 6.07) is 18.6. The zero-order chi connectivity index (χ0) is 28.6. The molecule has 0 aliphatic carbocycles. The number of nitrogens with zero attached hydrogens (tertiary/aromatic N) is 4. The van der Waals surface area contributed by atoms with Crippen molar-refractivity contribution in [2.75, 3.05) is 11.9 Å². The van der Waals surface area contributed by atoms with E-state index in [1.807, 2.05) is 0 Å². The lowest BCUT2D eigenvalue weighted by Gasteiger charge is -2.38. The van der Waals surface area contributed by atoms with E-state index in [9.17, 15) is 23.1 Å². The van der Waals surface area contributed by atoms with Crippen LogP contribution in [0.3, 0.4) is 0 Å². The number of aliphatic hydroxyl groups excluding tert-OH is 1. The quantitative estimate of drug-likeness (QED) is 0.271. The van der Waals surface area contributed by atoms with Crippen LogP contribution in [0.2, 0.25) is 10.0 Å². The van der Waals surface area contributed by atoms with E-state index in [4.69, 9.17) is 27.9 Å². The van der Waals surface area contributed by atoms with Crippen LogP contribution in [0.5, 0.6) is 17.5 Å². The number of aliphatic hydroxyl groups is 1. The molecule has 1 amide bonds. The average Bonchev–Trinajstić information content (AvgIpc) is 3.24. The van der Waals surface area contributed by atoms with E-state index >= 15 is 0 Å². The first-order chi connectivity index (χ1) is 19.0. The van der Waals surface area contributed by atoms with Crippen LogP contribution in [0.4, 0.5) is 19.0 Å². The lowest BCUT2D eigenvalue weighted by atomic mass is 10.1. The predicted octanol–water partition coefficient (Wildman–Crippen LogP) is 6.30. The van der Waals surface area contributed by atoms with Crippen molar-refractivity contribution in [2.45, 2.75) is 25.8 Å². The lowest BCUT2D eigenvalue weighted by molar-refractivity contribution is -0.274. The van der Waals surface area contributed by atoms with E-state index < -0.39 is 24.4 Å². The third-order valence-electron chi connectivity index (χ3n) is 6.11. The molecule has 5 rings (SSSR count). The molecule has 40 heavy (non-hydrogen) atoms. The summed E-state index contributed by atoms with van der Waals surface area (Å²) < 4.78 is 49.7. The van der Waals surface area contributed by atoms with Crippen molar-refractivity contribution >= 4 is 34.9 Å². The molecule has 2 heterocycles. The van der Waals surface area contributed by atoms with Crippen molar-refractivity contribution in [3.63, 3.8) is 0 Å². The topological polar surface area (TPSA) is 80.1 Å². The van der Waals surface area contributed by atoms with Gasteiger partial charge in [0.1, 0.15) is 11.5 Å². The molecule has 1 unspecified atom stereocenters. The number of rotatable bonds is 7. The van der Waals surface area contributed by atoms with Crippen molar-refractivity contribution in [2.24, 2.45) is 0 Å². The van der Waals surface area contributed by atoms with Gasteiger partial charge in [-0.15, -0.1) is 13.2 Å². The molecule has 1 aliphatic rings. The van der Waals surface area contributed by atoms with Gasteiger partial charge >= 0.3 is 12.4 Å². The highest BCUT2D eigenvalue weighted by molar-refractivity contribution is 6.30. The number of aromatic nitrogens is 2. The standard InChI is InChI=1S/C27H21Cl2F3N4O4/c1-34-23-22(24(37)36(26(34)38)15-17-7-11-19(29)12-8-17)35(14-16-5-9-18(28)10-6-16)25(33-23)39-20-3-2-4-21(13-20)40-27(30,31)32/h2-13,26,38H,14-15H2,1H3. The van der Waals surface area contributed by atoms with Crippen LogP contribution < -0.4 is 14.4 Å². The average molecular weight is 593 g/mol. The normalized spacial score (nSPS) is 15.3. The molecule has 0 saturated carbocycles. The number of benzene rings is 3. The SMILES string of the molecule is CN1c2nc(Oc3cccc(OC(F)(F)F)c3)n(Cc3ccc(Cl)cc3)c2C(=O)N(Cc2ccc(Cl)cc2)C1O. The van der Waals surface area contributed by atoms with Gasteiger partial charge in [0.25, 0.3) is 5.91 Å². The number of alkyl halides is 3. The maximum absolute atomic E-state index is 13.8. The number of fused-ring (bicyclic) bond motifs is 1. The van der Waals surface area contributed by atoms with Crippen LogP contribution in [0, 0.1) is 0 Å². The summed E-state index contributed by atoms with van der Waals surface area (Å²) >= 11 is 12.0. The second-order valence-corrected chi connectivity index (χ2v) is 9.79. The molecule has 1 aliphatic heterocycles. The zero-order valence-corrected chi connectivity index (χ0v) is 22.3. The minimum atomic E-state index is -4.89. The van der Waals surface area contributed by atoms with Crippen molar-refractivity contribution < 1.29 is 32.5 Å². The minimum absolute atomic E-state index is 0.00451. The molecule has 13 heteroatoms. The third kappa shape index (κ3) is 5.96. The van der Waals surface area contributed by atoms with Gasteiger partial charge in [-0.2, -0.15) is 4.98 Å². The fourth-order valence-electron chi connectivity index (χ4n) is 4.21. The number of carbonyl (C=O) groups is 1. The van der Waals surface area contributed by atoms with Crippen molar-refractivity contribution in [1.29, 1.82) is 0 Å². The van der Waals surface area contributed by atoms with Gasteiger partial charge in [-0.05, 0) is 47.5 Å². The summed E-state index contributed by atoms with van der Waals surface area (Å²) in [4.78, 5) is 20.9. The Balaban J connectivity index is 1.55. The number of amides is 1. The van der Waals surface area contributed by atoms with E-state index in [1.54, 1.807) is 55.6 Å². The highest BCUT2D eigenvalue weighted by Gasteiger charge is 2.40. The summed E-state index contributed by atoms with van der Waals surface area (Å²) in [6.07, 6.45) is -6.24. The zero-order valence-electron chi connectivity index (χ0n) is 20.8. The first-order valence-electron chi connectivity index (χ1n) is 11.8. The Morgan fingerprint density at radius 2 is 1.50 bits per heavy atom. The number of hydrogen-bond donors (Lipinski definition) is 1. The molecular weight excluding hydrogens is 572 g/mol. The molecule has 1 N–H and O–H groups in total. The fraction of sp³-hybridized carbons (Fsp3) is 0.185. The number of carbonyl (C=O) groups excluding carboxylic acids is 1. The summed E-state index contributed by atoms with van der Waals surface area (Å²) in [7, 11) is 1.56. The summed E-state index contributed by atoms with van der Waals surface area (Å²) in [5.74, 6) is -0.879. The highest BCUT2D eigenvalue weighted by Crippen LogP contribution is 2.36. The molecule has 8 nitrogen and oxygen atoms in total. The van der Waals surface area contributed by atoms with Gasteiger partial charge in [0.05, 0.1) is 13.1 Å². The molecule has 3 aromatic carbocycles.